The SMILES string of the molecule is C[n+]1c2ccccc2c(-c2ccccc2)c2cc(OCCn3cccc3)ccc21. The average Bonchev–Trinajstić information content (AvgIpc) is 3.28. The summed E-state index contributed by atoms with van der Waals surface area (Å²) < 4.78 is 10.5. The maximum Gasteiger partial charge on any atom is 0.213 e. The molecule has 0 aliphatic heterocycles. The summed E-state index contributed by atoms with van der Waals surface area (Å²) in [4.78, 5) is 0. The molecule has 2 heterocycles. The molecule has 3 aromatic carbocycles. The van der Waals surface area contributed by atoms with Crippen LogP contribution in [-0.2, 0) is 13.6 Å². The van der Waals surface area contributed by atoms with E-state index < -0.39 is 0 Å². The highest BCUT2D eigenvalue weighted by molar-refractivity contribution is 6.07. The third kappa shape index (κ3) is 3.25. The van der Waals surface area contributed by atoms with Crippen molar-refractivity contribution in [3.8, 4) is 16.9 Å². The number of para-hydroxylation sites is 1. The van der Waals surface area contributed by atoms with Gasteiger partial charge in [0.25, 0.3) is 0 Å². The van der Waals surface area contributed by atoms with E-state index in [0.29, 0.717) is 6.61 Å². The maximum atomic E-state index is 6.10. The molecule has 0 fully saturated rings. The zero-order chi connectivity index (χ0) is 19.6. The number of rotatable bonds is 5. The third-order valence-electron chi connectivity index (χ3n) is 5.48. The fourth-order valence-corrected chi connectivity index (χ4v) is 4.05. The van der Waals surface area contributed by atoms with Crippen molar-refractivity contribution in [3.63, 3.8) is 0 Å². The van der Waals surface area contributed by atoms with E-state index in [-0.39, 0.29) is 0 Å². The topological polar surface area (TPSA) is 18.0 Å². The molecule has 0 aliphatic rings. The Hall–Kier alpha value is -3.59. The number of benzene rings is 3. The van der Waals surface area contributed by atoms with Crippen LogP contribution in [0.3, 0.4) is 0 Å². The first-order valence-electron chi connectivity index (χ1n) is 9.95. The molecule has 0 spiro atoms. The van der Waals surface area contributed by atoms with E-state index in [0.717, 1.165) is 12.3 Å². The number of hydrogen-bond donors (Lipinski definition) is 0. The molecule has 0 aliphatic carbocycles. The van der Waals surface area contributed by atoms with Crippen LogP contribution in [0.4, 0.5) is 0 Å². The summed E-state index contributed by atoms with van der Waals surface area (Å²) >= 11 is 0. The van der Waals surface area contributed by atoms with Gasteiger partial charge in [-0.1, -0.05) is 42.5 Å². The van der Waals surface area contributed by atoms with Gasteiger partial charge in [0.15, 0.2) is 0 Å². The molecule has 5 rings (SSSR count). The van der Waals surface area contributed by atoms with E-state index >= 15 is 0 Å². The molecule has 3 nitrogen and oxygen atoms in total. The van der Waals surface area contributed by atoms with Gasteiger partial charge in [-0.25, -0.2) is 0 Å². The van der Waals surface area contributed by atoms with Gasteiger partial charge in [0.05, 0.1) is 17.3 Å². The molecule has 0 unspecified atom stereocenters. The zero-order valence-electron chi connectivity index (χ0n) is 16.5. The van der Waals surface area contributed by atoms with Crippen LogP contribution in [0.5, 0.6) is 5.75 Å². The third-order valence-corrected chi connectivity index (χ3v) is 5.48. The highest BCUT2D eigenvalue weighted by Gasteiger charge is 2.19. The smallest absolute Gasteiger partial charge is 0.213 e. The number of pyridine rings is 1. The van der Waals surface area contributed by atoms with Gasteiger partial charge in [-0.2, -0.15) is 4.57 Å². The van der Waals surface area contributed by atoms with E-state index in [4.69, 9.17) is 4.74 Å². The second-order valence-corrected chi connectivity index (χ2v) is 7.27. The minimum atomic E-state index is 0.639. The van der Waals surface area contributed by atoms with Crippen LogP contribution in [0.1, 0.15) is 0 Å². The molecule has 0 N–H and O–H groups in total. The van der Waals surface area contributed by atoms with Crippen molar-refractivity contribution in [1.29, 1.82) is 0 Å². The molecule has 0 amide bonds. The van der Waals surface area contributed by atoms with Crippen molar-refractivity contribution in [2.24, 2.45) is 7.05 Å². The summed E-state index contributed by atoms with van der Waals surface area (Å²) in [5.41, 5.74) is 4.89. The Morgan fingerprint density at radius 1 is 0.759 bits per heavy atom. The van der Waals surface area contributed by atoms with E-state index in [1.807, 2.05) is 12.1 Å². The second-order valence-electron chi connectivity index (χ2n) is 7.27. The van der Waals surface area contributed by atoms with Gasteiger partial charge in [0, 0.05) is 30.1 Å². The van der Waals surface area contributed by atoms with Crippen LogP contribution in [0.25, 0.3) is 32.9 Å². The van der Waals surface area contributed by atoms with Gasteiger partial charge in [-0.05, 0) is 35.9 Å². The summed E-state index contributed by atoms with van der Waals surface area (Å²) in [5, 5.41) is 2.45. The molecule has 2 aromatic heterocycles. The number of aryl methyl sites for hydroxylation is 1. The summed E-state index contributed by atoms with van der Waals surface area (Å²) in [5.74, 6) is 0.900. The predicted octanol–water partition coefficient (Wildman–Crippen LogP) is 5.37. The number of nitrogens with zero attached hydrogens (tertiary/aromatic N) is 2. The number of aromatic nitrogens is 2. The van der Waals surface area contributed by atoms with E-state index in [9.17, 15) is 0 Å². The van der Waals surface area contributed by atoms with Gasteiger partial charge in [0.2, 0.25) is 11.0 Å². The van der Waals surface area contributed by atoms with Gasteiger partial charge < -0.3 is 9.30 Å². The predicted molar refractivity (Wildman–Crippen MR) is 118 cm³/mol. The summed E-state index contributed by atoms with van der Waals surface area (Å²) in [7, 11) is 2.13. The lowest BCUT2D eigenvalue weighted by molar-refractivity contribution is -0.617. The first kappa shape index (κ1) is 17.5. The molecule has 29 heavy (non-hydrogen) atoms. The zero-order valence-corrected chi connectivity index (χ0v) is 16.5. The van der Waals surface area contributed by atoms with Crippen molar-refractivity contribution in [2.75, 3.05) is 6.61 Å². The van der Waals surface area contributed by atoms with Crippen molar-refractivity contribution < 1.29 is 9.30 Å². The monoisotopic (exact) mass is 379 g/mol. The van der Waals surface area contributed by atoms with Gasteiger partial charge in [-0.15, -0.1) is 0 Å². The Bertz CT molecular complexity index is 1270. The van der Waals surface area contributed by atoms with Crippen LogP contribution >= 0.6 is 0 Å². The number of hydrogen-bond acceptors (Lipinski definition) is 1. The van der Waals surface area contributed by atoms with E-state index in [1.165, 1.54) is 32.9 Å². The van der Waals surface area contributed by atoms with Gasteiger partial charge in [-0.3, -0.25) is 0 Å². The van der Waals surface area contributed by atoms with Crippen molar-refractivity contribution in [3.05, 3.63) is 97.3 Å². The minimum absolute atomic E-state index is 0.639. The molecule has 0 bridgehead atoms. The molecular weight excluding hydrogens is 356 g/mol. The maximum absolute atomic E-state index is 6.10. The minimum Gasteiger partial charge on any atom is -0.492 e. The highest BCUT2D eigenvalue weighted by atomic mass is 16.5. The van der Waals surface area contributed by atoms with Gasteiger partial charge in [0.1, 0.15) is 19.4 Å². The van der Waals surface area contributed by atoms with Crippen LogP contribution in [0, 0.1) is 0 Å². The lowest BCUT2D eigenvalue weighted by Crippen LogP contribution is -2.30. The Morgan fingerprint density at radius 3 is 2.31 bits per heavy atom. The Kier molecular flexibility index (Phi) is 4.49. The number of ether oxygens (including phenoxy) is 1. The largest absolute Gasteiger partial charge is 0.492 e. The molecule has 0 radical (unpaired) electrons. The summed E-state index contributed by atoms with van der Waals surface area (Å²) in [6.07, 6.45) is 4.12. The van der Waals surface area contributed by atoms with Crippen LogP contribution < -0.4 is 9.30 Å². The van der Waals surface area contributed by atoms with Crippen LogP contribution in [0.15, 0.2) is 97.3 Å². The van der Waals surface area contributed by atoms with Crippen molar-refractivity contribution in [1.82, 2.24) is 4.57 Å². The molecule has 0 atom stereocenters. The Balaban J connectivity index is 1.64. The first-order chi connectivity index (χ1) is 14.3. The number of fused-ring (bicyclic) bond motifs is 2. The summed E-state index contributed by atoms with van der Waals surface area (Å²) in [6, 6.07) is 29.7. The average molecular weight is 379 g/mol. The standard InChI is InChI=1S/C26H23N2O/c1-27-24-12-6-5-11-22(24)26(20-9-3-2-4-10-20)23-19-21(13-14-25(23)27)29-18-17-28-15-7-8-16-28/h2-16,19H,17-18H2,1H3/q+1. The van der Waals surface area contributed by atoms with E-state index in [2.05, 4.69) is 101 Å². The second kappa shape index (κ2) is 7.44. The summed E-state index contributed by atoms with van der Waals surface area (Å²) in [6.45, 7) is 1.47. The van der Waals surface area contributed by atoms with Crippen molar-refractivity contribution in [2.45, 2.75) is 6.54 Å². The Labute approximate surface area is 170 Å². The normalized spacial score (nSPS) is 11.2. The lowest BCUT2D eigenvalue weighted by Gasteiger charge is -2.12. The molecule has 0 saturated heterocycles. The first-order valence-corrected chi connectivity index (χ1v) is 9.95. The highest BCUT2D eigenvalue weighted by Crippen LogP contribution is 2.35. The molecule has 0 saturated carbocycles. The van der Waals surface area contributed by atoms with Gasteiger partial charge >= 0.3 is 0 Å². The fourth-order valence-electron chi connectivity index (χ4n) is 4.05. The van der Waals surface area contributed by atoms with Crippen LogP contribution in [0.2, 0.25) is 0 Å². The molecule has 142 valence electrons. The van der Waals surface area contributed by atoms with Crippen LogP contribution in [-0.4, -0.2) is 11.2 Å². The van der Waals surface area contributed by atoms with E-state index in [1.54, 1.807) is 0 Å². The van der Waals surface area contributed by atoms with Crippen molar-refractivity contribution >= 4 is 21.8 Å². The Morgan fingerprint density at radius 2 is 1.48 bits per heavy atom. The lowest BCUT2D eigenvalue weighted by atomic mass is 9.95. The molecule has 3 heteroatoms. The quantitative estimate of drug-likeness (QED) is 0.297. The molecule has 5 aromatic rings. The molecular formula is C26H23N2O+. The fraction of sp³-hybridized carbons (Fsp3) is 0.115.